The molecule has 0 aliphatic rings. The molecule has 0 amide bonds. The van der Waals surface area contributed by atoms with Gasteiger partial charge in [0.25, 0.3) is 0 Å². The van der Waals surface area contributed by atoms with Gasteiger partial charge in [-0.25, -0.2) is 4.98 Å². The van der Waals surface area contributed by atoms with Crippen LogP contribution in [-0.2, 0) is 6.54 Å². The van der Waals surface area contributed by atoms with Crippen molar-refractivity contribution in [3.05, 3.63) is 76.8 Å². The third-order valence-electron chi connectivity index (χ3n) is 3.12. The highest BCUT2D eigenvalue weighted by atomic mass is 35.5. The lowest BCUT2D eigenvalue weighted by molar-refractivity contribution is 0.939. The number of hydrogen-bond donors (Lipinski definition) is 1. The summed E-state index contributed by atoms with van der Waals surface area (Å²) >= 11 is 12.2. The van der Waals surface area contributed by atoms with Crippen LogP contribution >= 0.6 is 23.2 Å². The summed E-state index contributed by atoms with van der Waals surface area (Å²) in [5.41, 5.74) is 3.01. The van der Waals surface area contributed by atoms with Crippen LogP contribution in [0.4, 0.5) is 11.4 Å². The van der Waals surface area contributed by atoms with Crippen LogP contribution < -0.4 is 4.90 Å². The van der Waals surface area contributed by atoms with Crippen LogP contribution in [0.2, 0.25) is 10.0 Å². The molecule has 0 saturated heterocycles. The molecule has 0 radical (unpaired) electrons. The molecule has 1 heterocycles. The van der Waals surface area contributed by atoms with Gasteiger partial charge in [0.05, 0.1) is 18.6 Å². The highest BCUT2D eigenvalue weighted by Crippen LogP contribution is 2.30. The second-order valence-corrected chi connectivity index (χ2v) is 5.50. The first-order chi connectivity index (χ1) is 10.2. The van der Waals surface area contributed by atoms with Gasteiger partial charge in [-0.3, -0.25) is 0 Å². The summed E-state index contributed by atoms with van der Waals surface area (Å²) in [6.07, 6.45) is 3.48. The van der Waals surface area contributed by atoms with Crippen molar-refractivity contribution in [3.8, 4) is 0 Å². The van der Waals surface area contributed by atoms with Crippen LogP contribution in [0.25, 0.3) is 0 Å². The number of H-pyrrole nitrogens is 1. The first-order valence-corrected chi connectivity index (χ1v) is 7.24. The van der Waals surface area contributed by atoms with Crippen LogP contribution in [0.15, 0.2) is 61.1 Å². The number of aromatic nitrogens is 2. The van der Waals surface area contributed by atoms with Gasteiger partial charge in [-0.05, 0) is 36.4 Å². The summed E-state index contributed by atoms with van der Waals surface area (Å²) in [5.74, 6) is 0. The molecule has 106 valence electrons. The minimum atomic E-state index is 0.653. The van der Waals surface area contributed by atoms with Crippen molar-refractivity contribution >= 4 is 34.6 Å². The summed E-state index contributed by atoms with van der Waals surface area (Å²) < 4.78 is 0. The molecule has 0 atom stereocenters. The molecule has 0 bridgehead atoms. The van der Waals surface area contributed by atoms with E-state index in [1.165, 1.54) is 0 Å². The highest BCUT2D eigenvalue weighted by Gasteiger charge is 2.11. The van der Waals surface area contributed by atoms with Gasteiger partial charge < -0.3 is 9.88 Å². The molecule has 3 rings (SSSR count). The number of nitrogens with one attached hydrogen (secondary N) is 1. The average molecular weight is 318 g/mol. The van der Waals surface area contributed by atoms with Gasteiger partial charge in [0, 0.05) is 27.6 Å². The van der Waals surface area contributed by atoms with E-state index in [1.54, 1.807) is 6.33 Å². The molecule has 0 spiro atoms. The van der Waals surface area contributed by atoms with Gasteiger partial charge in [-0.1, -0.05) is 35.3 Å². The predicted octanol–water partition coefficient (Wildman–Crippen LogP) is 5.05. The Hall–Kier alpha value is -1.97. The molecule has 2 aromatic carbocycles. The van der Waals surface area contributed by atoms with E-state index in [0.717, 1.165) is 17.1 Å². The summed E-state index contributed by atoms with van der Waals surface area (Å²) in [5, 5.41) is 1.40. The number of hydrogen-bond acceptors (Lipinski definition) is 2. The zero-order valence-corrected chi connectivity index (χ0v) is 12.6. The first kappa shape index (κ1) is 14.0. The van der Waals surface area contributed by atoms with Crippen molar-refractivity contribution < 1.29 is 0 Å². The molecular weight excluding hydrogens is 305 g/mol. The molecule has 21 heavy (non-hydrogen) atoms. The zero-order valence-electron chi connectivity index (χ0n) is 11.1. The van der Waals surface area contributed by atoms with Crippen molar-refractivity contribution in [2.75, 3.05) is 4.90 Å². The number of nitrogens with zero attached hydrogens (tertiary/aromatic N) is 2. The number of rotatable bonds is 4. The molecule has 0 aliphatic carbocycles. The van der Waals surface area contributed by atoms with Gasteiger partial charge in [-0.15, -0.1) is 0 Å². The largest absolute Gasteiger partial charge is 0.347 e. The predicted molar refractivity (Wildman–Crippen MR) is 87.3 cm³/mol. The van der Waals surface area contributed by atoms with Crippen molar-refractivity contribution in [1.82, 2.24) is 9.97 Å². The first-order valence-electron chi connectivity index (χ1n) is 6.48. The van der Waals surface area contributed by atoms with E-state index < -0.39 is 0 Å². The number of anilines is 2. The Morgan fingerprint density at radius 3 is 2.05 bits per heavy atom. The van der Waals surface area contributed by atoms with Crippen molar-refractivity contribution in [3.63, 3.8) is 0 Å². The van der Waals surface area contributed by atoms with Crippen molar-refractivity contribution in [2.24, 2.45) is 0 Å². The average Bonchev–Trinajstić information content (AvgIpc) is 2.98. The Labute approximate surface area is 133 Å². The standard InChI is InChI=1S/C16H13Cl2N3/c17-12-3-1-5-15(7-12)21(10-14-9-19-11-20-14)16-6-2-4-13(18)8-16/h1-9,11H,10H2,(H,19,20). The van der Waals surface area contributed by atoms with E-state index in [-0.39, 0.29) is 0 Å². The number of imidazole rings is 1. The number of halogens is 2. The fourth-order valence-electron chi connectivity index (χ4n) is 2.16. The Bertz CT molecular complexity index is 680. The van der Waals surface area contributed by atoms with E-state index in [2.05, 4.69) is 14.9 Å². The van der Waals surface area contributed by atoms with E-state index in [1.807, 2.05) is 54.7 Å². The Morgan fingerprint density at radius 2 is 1.57 bits per heavy atom. The lowest BCUT2D eigenvalue weighted by Gasteiger charge is -2.24. The molecular formula is C16H13Cl2N3. The fraction of sp³-hybridized carbons (Fsp3) is 0.0625. The fourth-order valence-corrected chi connectivity index (χ4v) is 2.53. The van der Waals surface area contributed by atoms with Crippen LogP contribution in [0.5, 0.6) is 0 Å². The maximum atomic E-state index is 6.12. The lowest BCUT2D eigenvalue weighted by atomic mass is 10.2. The Balaban J connectivity index is 2.02. The van der Waals surface area contributed by atoms with Gasteiger partial charge in [-0.2, -0.15) is 0 Å². The summed E-state index contributed by atoms with van der Waals surface area (Å²) in [6, 6.07) is 15.5. The summed E-state index contributed by atoms with van der Waals surface area (Å²) in [7, 11) is 0. The zero-order chi connectivity index (χ0) is 14.7. The van der Waals surface area contributed by atoms with E-state index in [0.29, 0.717) is 16.6 Å². The minimum absolute atomic E-state index is 0.653. The minimum Gasteiger partial charge on any atom is -0.347 e. The lowest BCUT2D eigenvalue weighted by Crippen LogP contribution is -2.16. The molecule has 0 unspecified atom stereocenters. The SMILES string of the molecule is Clc1cccc(N(Cc2cnc[nH]2)c2cccc(Cl)c2)c1. The Morgan fingerprint density at radius 1 is 0.952 bits per heavy atom. The molecule has 3 nitrogen and oxygen atoms in total. The molecule has 0 aliphatic heterocycles. The van der Waals surface area contributed by atoms with Gasteiger partial charge >= 0.3 is 0 Å². The number of aromatic amines is 1. The number of benzene rings is 2. The van der Waals surface area contributed by atoms with Crippen molar-refractivity contribution in [2.45, 2.75) is 6.54 Å². The monoisotopic (exact) mass is 317 g/mol. The normalized spacial score (nSPS) is 10.6. The van der Waals surface area contributed by atoms with Crippen molar-refractivity contribution in [1.29, 1.82) is 0 Å². The van der Waals surface area contributed by atoms with Crippen LogP contribution in [0.1, 0.15) is 5.69 Å². The maximum Gasteiger partial charge on any atom is 0.0922 e. The van der Waals surface area contributed by atoms with Crippen LogP contribution in [-0.4, -0.2) is 9.97 Å². The van der Waals surface area contributed by atoms with E-state index >= 15 is 0 Å². The molecule has 1 N–H and O–H groups in total. The summed E-state index contributed by atoms with van der Waals surface area (Å²) in [4.78, 5) is 9.31. The molecule has 3 aromatic rings. The van der Waals surface area contributed by atoms with E-state index in [4.69, 9.17) is 23.2 Å². The molecule has 0 saturated carbocycles. The third kappa shape index (κ3) is 3.38. The third-order valence-corrected chi connectivity index (χ3v) is 3.59. The van der Waals surface area contributed by atoms with Crippen LogP contribution in [0.3, 0.4) is 0 Å². The second kappa shape index (κ2) is 6.20. The summed E-state index contributed by atoms with van der Waals surface area (Å²) in [6.45, 7) is 0.653. The Kier molecular flexibility index (Phi) is 4.13. The van der Waals surface area contributed by atoms with Gasteiger partial charge in [0.15, 0.2) is 0 Å². The molecule has 0 fully saturated rings. The highest BCUT2D eigenvalue weighted by molar-refractivity contribution is 6.31. The van der Waals surface area contributed by atoms with Gasteiger partial charge in [0.1, 0.15) is 0 Å². The van der Waals surface area contributed by atoms with E-state index in [9.17, 15) is 0 Å². The molecule has 5 heteroatoms. The smallest absolute Gasteiger partial charge is 0.0922 e. The maximum absolute atomic E-state index is 6.12. The second-order valence-electron chi connectivity index (χ2n) is 4.62. The topological polar surface area (TPSA) is 31.9 Å². The quantitative estimate of drug-likeness (QED) is 0.729. The van der Waals surface area contributed by atoms with Gasteiger partial charge in [0.2, 0.25) is 0 Å². The van der Waals surface area contributed by atoms with Crippen LogP contribution in [0, 0.1) is 0 Å². The molecule has 1 aromatic heterocycles.